The van der Waals surface area contributed by atoms with E-state index in [1.54, 1.807) is 6.20 Å². The third-order valence-electron chi connectivity index (χ3n) is 0.943. The van der Waals surface area contributed by atoms with Gasteiger partial charge in [-0.2, -0.15) is 0 Å². The Kier molecular flexibility index (Phi) is 2.67. The highest BCUT2D eigenvalue weighted by atomic mass is 35.5. The summed E-state index contributed by atoms with van der Waals surface area (Å²) in [7, 11) is 0. The minimum Gasteiger partial charge on any atom is -0.370 e. The molecular formula is C5H7ClN4S. The van der Waals surface area contributed by atoms with Crippen LogP contribution in [0.15, 0.2) is 11.2 Å². The van der Waals surface area contributed by atoms with Crippen molar-refractivity contribution in [3.63, 3.8) is 0 Å². The summed E-state index contributed by atoms with van der Waals surface area (Å²) in [6.45, 7) is 0.451. The van der Waals surface area contributed by atoms with Crippen LogP contribution < -0.4 is 11.5 Å². The van der Waals surface area contributed by atoms with Crippen LogP contribution >= 0.6 is 22.9 Å². The van der Waals surface area contributed by atoms with Gasteiger partial charge in [0.25, 0.3) is 0 Å². The Hall–Kier alpha value is -0.810. The molecule has 6 heteroatoms. The highest BCUT2D eigenvalue weighted by Gasteiger charge is 1.96. The lowest BCUT2D eigenvalue weighted by atomic mass is 10.6. The second-order valence-electron chi connectivity index (χ2n) is 1.82. The topological polar surface area (TPSA) is 77.3 Å². The maximum Gasteiger partial charge on any atom is 0.186 e. The zero-order chi connectivity index (χ0) is 8.27. The Labute approximate surface area is 72.9 Å². The van der Waals surface area contributed by atoms with Crippen molar-refractivity contribution in [2.75, 3.05) is 0 Å². The number of nitrogens with zero attached hydrogens (tertiary/aromatic N) is 2. The van der Waals surface area contributed by atoms with Crippen molar-refractivity contribution in [1.82, 2.24) is 4.98 Å². The minimum absolute atomic E-state index is 0.0783. The normalized spacial score (nSPS) is 9.55. The van der Waals surface area contributed by atoms with E-state index in [2.05, 4.69) is 9.98 Å². The molecule has 0 aliphatic carbocycles. The third-order valence-corrected chi connectivity index (χ3v) is 2.04. The average Bonchev–Trinajstić information content (AvgIpc) is 2.31. The summed E-state index contributed by atoms with van der Waals surface area (Å²) < 4.78 is 0.505. The van der Waals surface area contributed by atoms with E-state index in [1.807, 2.05) is 0 Å². The number of rotatable bonds is 2. The molecule has 0 aromatic carbocycles. The lowest BCUT2D eigenvalue weighted by Crippen LogP contribution is -2.22. The van der Waals surface area contributed by atoms with Crippen LogP contribution in [0.3, 0.4) is 0 Å². The van der Waals surface area contributed by atoms with Gasteiger partial charge in [-0.25, -0.2) is 9.98 Å². The zero-order valence-corrected chi connectivity index (χ0v) is 7.19. The molecule has 0 fully saturated rings. The Morgan fingerprint density at radius 2 is 2.45 bits per heavy atom. The lowest BCUT2D eigenvalue weighted by molar-refractivity contribution is 1.08. The molecule has 0 aliphatic heterocycles. The molecule has 0 bridgehead atoms. The number of hydrogen-bond acceptors (Lipinski definition) is 3. The fourth-order valence-electron chi connectivity index (χ4n) is 0.526. The number of halogens is 1. The van der Waals surface area contributed by atoms with Crippen molar-refractivity contribution in [3.8, 4) is 0 Å². The number of guanidine groups is 1. The molecule has 0 saturated carbocycles. The van der Waals surface area contributed by atoms with Crippen LogP contribution in [0.5, 0.6) is 0 Å². The fourth-order valence-corrected chi connectivity index (χ4v) is 1.43. The van der Waals surface area contributed by atoms with Crippen LogP contribution in [-0.4, -0.2) is 10.9 Å². The zero-order valence-electron chi connectivity index (χ0n) is 5.62. The Morgan fingerprint density at radius 3 is 2.91 bits per heavy atom. The van der Waals surface area contributed by atoms with Crippen molar-refractivity contribution in [1.29, 1.82) is 0 Å². The van der Waals surface area contributed by atoms with Gasteiger partial charge in [-0.3, -0.25) is 0 Å². The number of aliphatic imine (C=N–C) groups is 1. The summed E-state index contributed by atoms with van der Waals surface area (Å²) in [6, 6.07) is 0. The fraction of sp³-hybridized carbons (Fsp3) is 0.200. The van der Waals surface area contributed by atoms with Gasteiger partial charge in [-0.05, 0) is 0 Å². The second-order valence-corrected chi connectivity index (χ2v) is 3.52. The van der Waals surface area contributed by atoms with E-state index in [0.717, 1.165) is 4.88 Å². The summed E-state index contributed by atoms with van der Waals surface area (Å²) in [5, 5.41) is 0. The number of aromatic nitrogens is 1. The Morgan fingerprint density at radius 1 is 1.73 bits per heavy atom. The SMILES string of the molecule is NC(N)=NCc1cnc(Cl)s1. The maximum absolute atomic E-state index is 5.57. The minimum atomic E-state index is 0.0783. The van der Waals surface area contributed by atoms with Crippen LogP contribution in [-0.2, 0) is 6.54 Å². The van der Waals surface area contributed by atoms with E-state index in [-0.39, 0.29) is 5.96 Å². The molecule has 0 aliphatic rings. The van der Waals surface area contributed by atoms with Gasteiger partial charge in [0.15, 0.2) is 10.4 Å². The molecule has 4 nitrogen and oxygen atoms in total. The second kappa shape index (κ2) is 3.54. The predicted molar refractivity (Wildman–Crippen MR) is 46.6 cm³/mol. The molecule has 11 heavy (non-hydrogen) atoms. The van der Waals surface area contributed by atoms with Gasteiger partial charge in [-0.1, -0.05) is 11.6 Å². The first-order chi connectivity index (χ1) is 5.18. The van der Waals surface area contributed by atoms with Gasteiger partial charge in [0, 0.05) is 11.1 Å². The monoisotopic (exact) mass is 190 g/mol. The molecule has 0 spiro atoms. The Bertz CT molecular complexity index is 265. The molecule has 60 valence electrons. The van der Waals surface area contributed by atoms with Gasteiger partial charge < -0.3 is 11.5 Å². The van der Waals surface area contributed by atoms with Gasteiger partial charge >= 0.3 is 0 Å². The van der Waals surface area contributed by atoms with Crippen molar-refractivity contribution >= 4 is 28.9 Å². The number of thiazole rings is 1. The molecule has 0 amide bonds. The largest absolute Gasteiger partial charge is 0.370 e. The van der Waals surface area contributed by atoms with Crippen LogP contribution in [0.25, 0.3) is 0 Å². The highest BCUT2D eigenvalue weighted by molar-refractivity contribution is 7.15. The molecule has 1 heterocycles. The molecule has 0 saturated heterocycles. The quantitative estimate of drug-likeness (QED) is 0.529. The molecule has 4 N–H and O–H groups in total. The van der Waals surface area contributed by atoms with Crippen LogP contribution in [0, 0.1) is 0 Å². The predicted octanol–water partition coefficient (Wildman–Crippen LogP) is 0.570. The van der Waals surface area contributed by atoms with E-state index in [1.165, 1.54) is 11.3 Å². The van der Waals surface area contributed by atoms with Gasteiger partial charge in [0.2, 0.25) is 0 Å². The summed E-state index contributed by atoms with van der Waals surface area (Å²) in [4.78, 5) is 8.57. The molecule has 1 rings (SSSR count). The van der Waals surface area contributed by atoms with Gasteiger partial charge in [0.05, 0.1) is 6.54 Å². The molecule has 1 aromatic heterocycles. The summed E-state index contributed by atoms with van der Waals surface area (Å²) in [6.07, 6.45) is 1.65. The van der Waals surface area contributed by atoms with Crippen LogP contribution in [0.1, 0.15) is 4.88 Å². The average molecular weight is 191 g/mol. The van der Waals surface area contributed by atoms with Crippen molar-refractivity contribution < 1.29 is 0 Å². The van der Waals surface area contributed by atoms with E-state index in [9.17, 15) is 0 Å². The highest BCUT2D eigenvalue weighted by Crippen LogP contribution is 2.17. The van der Waals surface area contributed by atoms with Crippen LogP contribution in [0.4, 0.5) is 0 Å². The van der Waals surface area contributed by atoms with Crippen LogP contribution in [0.2, 0.25) is 4.47 Å². The Balaban J connectivity index is 2.58. The first-order valence-corrected chi connectivity index (χ1v) is 4.03. The standard InChI is InChI=1S/C5H7ClN4S/c6-4-9-1-3(11-4)2-10-5(7)8/h1H,2H2,(H4,7,8,10). The van der Waals surface area contributed by atoms with Gasteiger partial charge in [0.1, 0.15) is 0 Å². The molecule has 0 atom stereocenters. The molecular weight excluding hydrogens is 184 g/mol. The van der Waals surface area contributed by atoms with E-state index >= 15 is 0 Å². The first kappa shape index (κ1) is 8.29. The first-order valence-electron chi connectivity index (χ1n) is 2.84. The lowest BCUT2D eigenvalue weighted by Gasteiger charge is -1.88. The summed E-state index contributed by atoms with van der Waals surface area (Å²) in [5.41, 5.74) is 10.3. The van der Waals surface area contributed by atoms with Crippen molar-refractivity contribution in [2.45, 2.75) is 6.54 Å². The smallest absolute Gasteiger partial charge is 0.186 e. The maximum atomic E-state index is 5.57. The molecule has 1 aromatic rings. The third kappa shape index (κ3) is 2.73. The van der Waals surface area contributed by atoms with Crippen molar-refractivity contribution in [2.24, 2.45) is 16.5 Å². The summed E-state index contributed by atoms with van der Waals surface area (Å²) >= 11 is 6.94. The number of hydrogen-bond donors (Lipinski definition) is 2. The molecule has 0 unspecified atom stereocenters. The van der Waals surface area contributed by atoms with E-state index in [0.29, 0.717) is 11.0 Å². The number of nitrogens with two attached hydrogens (primary N) is 2. The molecule has 0 radical (unpaired) electrons. The summed E-state index contributed by atoms with van der Waals surface area (Å²) in [5.74, 6) is 0.0783. The van der Waals surface area contributed by atoms with E-state index in [4.69, 9.17) is 23.1 Å². The van der Waals surface area contributed by atoms with E-state index < -0.39 is 0 Å². The van der Waals surface area contributed by atoms with Crippen molar-refractivity contribution in [3.05, 3.63) is 15.5 Å². The van der Waals surface area contributed by atoms with Gasteiger partial charge in [-0.15, -0.1) is 11.3 Å².